The lowest BCUT2D eigenvalue weighted by Gasteiger charge is -2.42. The summed E-state index contributed by atoms with van der Waals surface area (Å²) in [6.45, 7) is 8.29. The molecule has 1 aromatic carbocycles. The van der Waals surface area contributed by atoms with Gasteiger partial charge in [0.05, 0.1) is 20.9 Å². The molecule has 0 aliphatic carbocycles. The van der Waals surface area contributed by atoms with Gasteiger partial charge in [0, 0.05) is 24.9 Å². The van der Waals surface area contributed by atoms with E-state index >= 15 is 0 Å². The van der Waals surface area contributed by atoms with Gasteiger partial charge in [-0.15, -0.1) is 0 Å². The molecule has 2 rings (SSSR count). The van der Waals surface area contributed by atoms with Crippen molar-refractivity contribution in [1.82, 2.24) is 4.72 Å². The van der Waals surface area contributed by atoms with Crippen LogP contribution in [0.5, 0.6) is 0 Å². The number of hydrogen-bond donors (Lipinski definition) is 2. The van der Waals surface area contributed by atoms with E-state index in [4.69, 9.17) is 11.6 Å². The quantitative estimate of drug-likeness (QED) is 0.617. The zero-order valence-corrected chi connectivity index (χ0v) is 15.7. The van der Waals surface area contributed by atoms with Crippen molar-refractivity contribution in [2.45, 2.75) is 62.6 Å². The number of hydrogen-bond acceptors (Lipinski definition) is 4. The molecule has 0 aromatic heterocycles. The number of nitro groups is 1. The molecule has 0 bridgehead atoms. The van der Waals surface area contributed by atoms with Crippen LogP contribution in [0.3, 0.4) is 0 Å². The number of rotatable bonds is 4. The Bertz CT molecular complexity index is 746. The third kappa shape index (κ3) is 4.44. The molecule has 7 nitrogen and oxygen atoms in total. The number of halogens is 1. The van der Waals surface area contributed by atoms with E-state index in [0.717, 1.165) is 6.07 Å². The Morgan fingerprint density at radius 1 is 1.25 bits per heavy atom. The van der Waals surface area contributed by atoms with Crippen molar-refractivity contribution < 1.29 is 18.7 Å². The highest BCUT2D eigenvalue weighted by atomic mass is 35.5. The maximum Gasteiger partial charge on any atom is 0.289 e. The van der Waals surface area contributed by atoms with Gasteiger partial charge in [-0.05, 0) is 39.8 Å². The molecule has 0 saturated carbocycles. The molecule has 24 heavy (non-hydrogen) atoms. The standard InChI is InChI=1S/C15H22ClN3O4S/c1-14(2)8-10(9-15(3,4)18-14)17-24(22,23)11-5-6-12(16)13(7-11)19(20)21/h5-7,10,17-18H,8-9H2,1-4H3/p+1. The lowest BCUT2D eigenvalue weighted by Crippen LogP contribution is -3.06. The predicted octanol–water partition coefficient (Wildman–Crippen LogP) is 1.81. The lowest BCUT2D eigenvalue weighted by atomic mass is 9.80. The van der Waals surface area contributed by atoms with Crippen LogP contribution in [0.4, 0.5) is 5.69 Å². The van der Waals surface area contributed by atoms with Gasteiger partial charge < -0.3 is 5.32 Å². The Balaban J connectivity index is 2.29. The van der Waals surface area contributed by atoms with Gasteiger partial charge in [0.25, 0.3) is 5.69 Å². The Kier molecular flexibility index (Phi) is 4.98. The first-order chi connectivity index (χ1) is 10.8. The molecular formula is C15H23ClN3O4S+. The molecular weight excluding hydrogens is 354 g/mol. The lowest BCUT2D eigenvalue weighted by molar-refractivity contribution is -0.787. The van der Waals surface area contributed by atoms with Gasteiger partial charge >= 0.3 is 0 Å². The fourth-order valence-electron chi connectivity index (χ4n) is 3.69. The van der Waals surface area contributed by atoms with Crippen LogP contribution in [0, 0.1) is 10.1 Å². The number of nitrogens with two attached hydrogens (primary N) is 1. The first-order valence-corrected chi connectivity index (χ1v) is 9.51. The van der Waals surface area contributed by atoms with Crippen molar-refractivity contribution >= 4 is 27.3 Å². The summed E-state index contributed by atoms with van der Waals surface area (Å²) in [6, 6.07) is 3.27. The summed E-state index contributed by atoms with van der Waals surface area (Å²) in [5.74, 6) is 0. The van der Waals surface area contributed by atoms with Crippen molar-refractivity contribution in [1.29, 1.82) is 0 Å². The van der Waals surface area contributed by atoms with E-state index in [9.17, 15) is 18.5 Å². The smallest absolute Gasteiger partial charge is 0.289 e. The average Bonchev–Trinajstić information content (AvgIpc) is 2.33. The molecule has 1 saturated heterocycles. The minimum Gasteiger partial charge on any atom is -0.337 e. The first kappa shape index (κ1) is 19.1. The summed E-state index contributed by atoms with van der Waals surface area (Å²) < 4.78 is 27.9. The van der Waals surface area contributed by atoms with Crippen molar-refractivity contribution in [3.8, 4) is 0 Å². The first-order valence-electron chi connectivity index (χ1n) is 7.65. The van der Waals surface area contributed by atoms with Gasteiger partial charge in [0.2, 0.25) is 10.0 Å². The van der Waals surface area contributed by atoms with E-state index in [1.165, 1.54) is 12.1 Å². The molecule has 134 valence electrons. The minimum atomic E-state index is -3.86. The van der Waals surface area contributed by atoms with Gasteiger partial charge in [0.1, 0.15) is 5.02 Å². The number of benzene rings is 1. The number of sulfonamides is 1. The number of nitro benzene ring substituents is 1. The maximum atomic E-state index is 12.6. The average molecular weight is 377 g/mol. The zero-order valence-electron chi connectivity index (χ0n) is 14.2. The van der Waals surface area contributed by atoms with E-state index in [1.54, 1.807) is 0 Å². The number of quaternary nitrogens is 1. The molecule has 0 unspecified atom stereocenters. The highest BCUT2D eigenvalue weighted by Gasteiger charge is 2.43. The van der Waals surface area contributed by atoms with Crippen LogP contribution in [-0.2, 0) is 10.0 Å². The zero-order chi connectivity index (χ0) is 18.3. The summed E-state index contributed by atoms with van der Waals surface area (Å²) in [7, 11) is -3.86. The SMILES string of the molecule is CC1(C)CC(NS(=O)(=O)c2ccc(Cl)c([N+](=O)[O-])c2)CC(C)(C)[NH2+]1. The maximum absolute atomic E-state index is 12.6. The van der Waals surface area contributed by atoms with E-state index in [1.807, 2.05) is 0 Å². The number of nitrogens with zero attached hydrogens (tertiary/aromatic N) is 1. The van der Waals surface area contributed by atoms with E-state index in [2.05, 4.69) is 37.7 Å². The third-order valence-electron chi connectivity index (χ3n) is 4.07. The third-order valence-corrected chi connectivity index (χ3v) is 5.91. The Morgan fingerprint density at radius 2 is 1.79 bits per heavy atom. The van der Waals surface area contributed by atoms with Crippen LogP contribution in [-0.4, -0.2) is 30.5 Å². The molecule has 0 amide bonds. The Morgan fingerprint density at radius 3 is 2.29 bits per heavy atom. The van der Waals surface area contributed by atoms with Crippen LogP contribution in [0.25, 0.3) is 0 Å². The molecule has 1 aliphatic rings. The molecule has 0 radical (unpaired) electrons. The van der Waals surface area contributed by atoms with E-state index < -0.39 is 20.6 Å². The van der Waals surface area contributed by atoms with Crippen molar-refractivity contribution in [3.63, 3.8) is 0 Å². The van der Waals surface area contributed by atoms with Crippen molar-refractivity contribution in [3.05, 3.63) is 33.3 Å². The Labute approximate surface area is 147 Å². The van der Waals surface area contributed by atoms with Gasteiger partial charge in [0.15, 0.2) is 0 Å². The monoisotopic (exact) mass is 376 g/mol. The second-order valence-electron chi connectivity index (χ2n) is 7.72. The normalized spacial score (nSPS) is 20.7. The topological polar surface area (TPSA) is 106 Å². The molecule has 0 spiro atoms. The number of piperidine rings is 1. The van der Waals surface area contributed by atoms with E-state index in [0.29, 0.717) is 12.8 Å². The molecule has 1 heterocycles. The summed E-state index contributed by atoms with van der Waals surface area (Å²) in [5.41, 5.74) is -0.612. The fraction of sp³-hybridized carbons (Fsp3) is 0.600. The predicted molar refractivity (Wildman–Crippen MR) is 91.5 cm³/mol. The largest absolute Gasteiger partial charge is 0.337 e. The highest BCUT2D eigenvalue weighted by Crippen LogP contribution is 2.28. The highest BCUT2D eigenvalue weighted by molar-refractivity contribution is 7.89. The second kappa shape index (κ2) is 6.25. The van der Waals surface area contributed by atoms with Gasteiger partial charge in [-0.2, -0.15) is 0 Å². The second-order valence-corrected chi connectivity index (χ2v) is 9.84. The summed E-state index contributed by atoms with van der Waals surface area (Å²) >= 11 is 5.75. The molecule has 1 aromatic rings. The molecule has 3 N–H and O–H groups in total. The van der Waals surface area contributed by atoms with Crippen LogP contribution >= 0.6 is 11.6 Å². The van der Waals surface area contributed by atoms with Gasteiger partial charge in [-0.25, -0.2) is 13.1 Å². The molecule has 9 heteroatoms. The van der Waals surface area contributed by atoms with Gasteiger partial charge in [-0.3, -0.25) is 10.1 Å². The van der Waals surface area contributed by atoms with Crippen LogP contribution in [0.15, 0.2) is 23.1 Å². The van der Waals surface area contributed by atoms with Crippen LogP contribution < -0.4 is 10.0 Å². The molecule has 1 aliphatic heterocycles. The number of nitrogens with one attached hydrogen (secondary N) is 1. The van der Waals surface area contributed by atoms with Crippen LogP contribution in [0.1, 0.15) is 40.5 Å². The van der Waals surface area contributed by atoms with Crippen molar-refractivity contribution in [2.24, 2.45) is 0 Å². The summed E-state index contributed by atoms with van der Waals surface area (Å²) in [5, 5.41) is 13.1. The summed E-state index contributed by atoms with van der Waals surface area (Å²) in [4.78, 5) is 10.1. The molecule has 1 fully saturated rings. The van der Waals surface area contributed by atoms with E-state index in [-0.39, 0.29) is 27.0 Å². The minimum absolute atomic E-state index is 0.0894. The van der Waals surface area contributed by atoms with Crippen LogP contribution in [0.2, 0.25) is 5.02 Å². The summed E-state index contributed by atoms with van der Waals surface area (Å²) in [6.07, 6.45) is 1.34. The molecule has 0 atom stereocenters. The van der Waals surface area contributed by atoms with Gasteiger partial charge in [-0.1, -0.05) is 11.6 Å². The van der Waals surface area contributed by atoms with Crippen molar-refractivity contribution in [2.75, 3.05) is 0 Å². The Hall–Kier alpha value is -1.22. The fourth-order valence-corrected chi connectivity index (χ4v) is 5.13.